The first-order valence-electron chi connectivity index (χ1n) is 11.7. The molecular formula is C25H33F2NO3PS+. The van der Waals surface area contributed by atoms with Gasteiger partial charge in [0.1, 0.15) is 18.2 Å². The van der Waals surface area contributed by atoms with Crippen molar-refractivity contribution in [1.29, 1.82) is 0 Å². The maximum atomic E-state index is 14.5. The molecule has 1 unspecified atom stereocenters. The molecule has 0 aromatic heterocycles. The van der Waals surface area contributed by atoms with Crippen LogP contribution in [-0.2, 0) is 21.0 Å². The molecule has 0 aliphatic heterocycles. The predicted octanol–water partition coefficient (Wildman–Crippen LogP) is 6.89. The molecule has 0 radical (unpaired) electrons. The van der Waals surface area contributed by atoms with Gasteiger partial charge in [-0.15, -0.1) is 21.2 Å². The number of halogens is 2. The zero-order valence-electron chi connectivity index (χ0n) is 18.9. The number of unbranched alkanes of at least 4 members (excludes halogenated alkanes) is 1. The van der Waals surface area contributed by atoms with Crippen molar-refractivity contribution in [3.8, 4) is 0 Å². The monoisotopic (exact) mass is 496 g/mol. The average Bonchev–Trinajstić information content (AvgIpc) is 3.27. The standard InChI is InChI=1S/C25H32F2NO3PS/c26-22-9-7-21(8-10-22)25(12-1-2-13-25)14-3-4-17-33-24-11-6-20(18-23(24)27)19-28-15-5-16-31-32(29)30/h6-11,18,28H,1-5,12-17,19H2/p+1. The van der Waals surface area contributed by atoms with Crippen LogP contribution in [0.5, 0.6) is 0 Å². The molecule has 3 rings (SSSR count). The van der Waals surface area contributed by atoms with Gasteiger partial charge in [-0.05, 0) is 85.2 Å². The van der Waals surface area contributed by atoms with Gasteiger partial charge in [0.15, 0.2) is 0 Å². The van der Waals surface area contributed by atoms with Gasteiger partial charge < -0.3 is 5.32 Å². The van der Waals surface area contributed by atoms with E-state index in [1.807, 2.05) is 24.3 Å². The SMILES string of the molecule is O=[P+](O)OCCCNCc1ccc(SCCCCC2(c3ccc(F)cc3)CCCC2)c(F)c1. The second-order valence-corrected chi connectivity index (χ2v) is 10.5. The third kappa shape index (κ3) is 8.41. The van der Waals surface area contributed by atoms with Gasteiger partial charge in [-0.2, -0.15) is 0 Å². The lowest BCUT2D eigenvalue weighted by Gasteiger charge is -2.30. The molecule has 1 saturated carbocycles. The summed E-state index contributed by atoms with van der Waals surface area (Å²) in [7, 11) is -2.54. The van der Waals surface area contributed by atoms with Crippen LogP contribution in [-0.4, -0.2) is 23.8 Å². The summed E-state index contributed by atoms with van der Waals surface area (Å²) in [5, 5.41) is 3.18. The summed E-state index contributed by atoms with van der Waals surface area (Å²) < 4.78 is 42.8. The van der Waals surface area contributed by atoms with Gasteiger partial charge in [0.05, 0.1) is 0 Å². The van der Waals surface area contributed by atoms with Crippen molar-refractivity contribution in [2.75, 3.05) is 18.9 Å². The highest BCUT2D eigenvalue weighted by atomic mass is 32.2. The Morgan fingerprint density at radius 1 is 1.06 bits per heavy atom. The largest absolute Gasteiger partial charge is 0.694 e. The Morgan fingerprint density at radius 3 is 2.52 bits per heavy atom. The molecule has 1 atom stereocenters. The van der Waals surface area contributed by atoms with Crippen LogP contribution in [0.2, 0.25) is 0 Å². The molecule has 1 aliphatic carbocycles. The summed E-state index contributed by atoms with van der Waals surface area (Å²) in [5.74, 6) is 0.499. The van der Waals surface area contributed by atoms with Gasteiger partial charge in [0.25, 0.3) is 0 Å². The Hall–Kier alpha value is -1.37. The van der Waals surface area contributed by atoms with E-state index >= 15 is 0 Å². The Bertz CT molecular complexity index is 892. The average molecular weight is 497 g/mol. The molecule has 1 aliphatic rings. The van der Waals surface area contributed by atoms with Crippen molar-refractivity contribution < 1.29 is 22.8 Å². The Labute approximate surface area is 200 Å². The number of thioether (sulfide) groups is 1. The lowest BCUT2D eigenvalue weighted by atomic mass is 9.75. The minimum absolute atomic E-state index is 0.181. The third-order valence-corrected chi connectivity index (χ3v) is 7.89. The third-order valence-electron chi connectivity index (χ3n) is 6.35. The fourth-order valence-electron chi connectivity index (χ4n) is 4.63. The summed E-state index contributed by atoms with van der Waals surface area (Å²) in [6.07, 6.45) is 8.63. The van der Waals surface area contributed by atoms with Crippen LogP contribution >= 0.6 is 20.0 Å². The number of hydrogen-bond donors (Lipinski definition) is 2. The topological polar surface area (TPSA) is 58.6 Å². The van der Waals surface area contributed by atoms with Gasteiger partial charge in [-0.3, -0.25) is 0 Å². The fraction of sp³-hybridized carbons (Fsp3) is 0.520. The molecule has 2 aromatic carbocycles. The van der Waals surface area contributed by atoms with Gasteiger partial charge in [-0.25, -0.2) is 8.78 Å². The molecule has 1 fully saturated rings. The van der Waals surface area contributed by atoms with Crippen LogP contribution in [0.1, 0.15) is 62.5 Å². The predicted molar refractivity (Wildman–Crippen MR) is 130 cm³/mol. The normalized spacial score (nSPS) is 15.7. The molecule has 0 heterocycles. The van der Waals surface area contributed by atoms with Crippen LogP contribution in [0.4, 0.5) is 8.78 Å². The van der Waals surface area contributed by atoms with Crippen molar-refractivity contribution in [3.63, 3.8) is 0 Å². The van der Waals surface area contributed by atoms with Crippen molar-refractivity contribution >= 4 is 20.0 Å². The van der Waals surface area contributed by atoms with E-state index in [1.54, 1.807) is 30.0 Å². The van der Waals surface area contributed by atoms with Gasteiger partial charge in [0.2, 0.25) is 0 Å². The second kappa shape index (κ2) is 13.5. The van der Waals surface area contributed by atoms with E-state index in [-0.39, 0.29) is 23.7 Å². The van der Waals surface area contributed by atoms with E-state index in [4.69, 9.17) is 4.89 Å². The Kier molecular flexibility index (Phi) is 10.7. The zero-order valence-corrected chi connectivity index (χ0v) is 20.6. The Morgan fingerprint density at radius 2 is 1.82 bits per heavy atom. The first-order valence-corrected chi connectivity index (χ1v) is 13.8. The maximum Gasteiger partial charge on any atom is 0.694 e. The molecule has 180 valence electrons. The molecular weight excluding hydrogens is 463 g/mol. The van der Waals surface area contributed by atoms with Crippen molar-refractivity contribution in [3.05, 3.63) is 65.2 Å². The van der Waals surface area contributed by atoms with Crippen LogP contribution < -0.4 is 5.32 Å². The van der Waals surface area contributed by atoms with Crippen molar-refractivity contribution in [2.45, 2.75) is 68.2 Å². The molecule has 2 aromatic rings. The minimum atomic E-state index is -2.54. The summed E-state index contributed by atoms with van der Waals surface area (Å²) in [4.78, 5) is 9.24. The molecule has 0 bridgehead atoms. The molecule has 0 saturated heterocycles. The van der Waals surface area contributed by atoms with E-state index in [0.717, 1.165) is 30.6 Å². The quantitative estimate of drug-likeness (QED) is 0.170. The number of benzene rings is 2. The maximum absolute atomic E-state index is 14.5. The summed E-state index contributed by atoms with van der Waals surface area (Å²) in [6, 6.07) is 12.4. The van der Waals surface area contributed by atoms with E-state index in [2.05, 4.69) is 9.84 Å². The first kappa shape index (κ1) is 26.2. The first-order chi connectivity index (χ1) is 16.0. The van der Waals surface area contributed by atoms with Crippen LogP contribution in [0.15, 0.2) is 47.4 Å². The van der Waals surface area contributed by atoms with Crippen LogP contribution in [0.25, 0.3) is 0 Å². The fourth-order valence-corrected chi connectivity index (χ4v) is 5.84. The highest BCUT2D eigenvalue weighted by Gasteiger charge is 2.34. The van der Waals surface area contributed by atoms with Gasteiger partial charge in [-0.1, -0.05) is 37.5 Å². The Balaban J connectivity index is 1.38. The van der Waals surface area contributed by atoms with E-state index in [0.29, 0.717) is 24.4 Å². The van der Waals surface area contributed by atoms with E-state index in [1.165, 1.54) is 31.2 Å². The van der Waals surface area contributed by atoms with Gasteiger partial charge >= 0.3 is 8.25 Å². The second-order valence-electron chi connectivity index (χ2n) is 8.67. The molecule has 0 spiro atoms. The van der Waals surface area contributed by atoms with Crippen molar-refractivity contribution in [1.82, 2.24) is 5.32 Å². The zero-order chi connectivity index (χ0) is 23.5. The van der Waals surface area contributed by atoms with Crippen LogP contribution in [0, 0.1) is 11.6 Å². The molecule has 8 heteroatoms. The number of rotatable bonds is 14. The van der Waals surface area contributed by atoms with Crippen molar-refractivity contribution in [2.24, 2.45) is 0 Å². The highest BCUT2D eigenvalue weighted by Crippen LogP contribution is 2.45. The molecule has 0 amide bonds. The minimum Gasteiger partial charge on any atom is -0.313 e. The lowest BCUT2D eigenvalue weighted by molar-refractivity contribution is 0.276. The highest BCUT2D eigenvalue weighted by molar-refractivity contribution is 7.99. The van der Waals surface area contributed by atoms with Gasteiger partial charge in [0, 0.05) is 16.0 Å². The molecule has 33 heavy (non-hydrogen) atoms. The van der Waals surface area contributed by atoms with Crippen LogP contribution in [0.3, 0.4) is 0 Å². The summed E-state index contributed by atoms with van der Waals surface area (Å²) in [5.41, 5.74) is 2.31. The summed E-state index contributed by atoms with van der Waals surface area (Å²) >= 11 is 1.56. The van der Waals surface area contributed by atoms with E-state index < -0.39 is 8.25 Å². The number of hydrogen-bond acceptors (Lipinski definition) is 4. The molecule has 4 nitrogen and oxygen atoms in total. The van der Waals surface area contributed by atoms with E-state index in [9.17, 15) is 13.3 Å². The smallest absolute Gasteiger partial charge is 0.313 e. The number of nitrogens with one attached hydrogen (secondary N) is 1. The lowest BCUT2D eigenvalue weighted by Crippen LogP contribution is -2.22. The summed E-state index contributed by atoms with van der Waals surface area (Å²) in [6.45, 7) is 1.38. The molecule has 2 N–H and O–H groups in total.